The van der Waals surface area contributed by atoms with Crippen molar-refractivity contribution in [1.29, 1.82) is 0 Å². The SMILES string of the molecule is O=C(c1cccc(Cl)c1F)N1CC(O)C1. The number of aliphatic hydroxyl groups is 1. The molecular weight excluding hydrogens is 221 g/mol. The summed E-state index contributed by atoms with van der Waals surface area (Å²) in [6.45, 7) is 0.509. The molecule has 0 spiro atoms. The normalized spacial score (nSPS) is 16.3. The van der Waals surface area contributed by atoms with Crippen molar-refractivity contribution in [2.75, 3.05) is 13.1 Å². The molecule has 5 heteroatoms. The summed E-state index contributed by atoms with van der Waals surface area (Å²) in [7, 11) is 0. The van der Waals surface area contributed by atoms with E-state index in [4.69, 9.17) is 16.7 Å². The summed E-state index contributed by atoms with van der Waals surface area (Å²) in [6, 6.07) is 4.29. The summed E-state index contributed by atoms with van der Waals surface area (Å²) in [5, 5.41) is 8.96. The van der Waals surface area contributed by atoms with Gasteiger partial charge in [-0.3, -0.25) is 4.79 Å². The molecule has 15 heavy (non-hydrogen) atoms. The molecule has 0 atom stereocenters. The monoisotopic (exact) mass is 229 g/mol. The first-order valence-electron chi connectivity index (χ1n) is 4.51. The molecule has 80 valence electrons. The van der Waals surface area contributed by atoms with Gasteiger partial charge in [0.05, 0.1) is 16.7 Å². The van der Waals surface area contributed by atoms with Gasteiger partial charge in [0.2, 0.25) is 0 Å². The van der Waals surface area contributed by atoms with Gasteiger partial charge in [-0.05, 0) is 12.1 Å². The molecule has 1 amide bonds. The Morgan fingerprint density at radius 3 is 2.80 bits per heavy atom. The fourth-order valence-corrected chi connectivity index (χ4v) is 1.63. The van der Waals surface area contributed by atoms with E-state index < -0.39 is 17.8 Å². The van der Waals surface area contributed by atoms with E-state index in [0.29, 0.717) is 0 Å². The molecule has 1 aromatic rings. The Labute approximate surface area is 91.1 Å². The molecule has 0 radical (unpaired) electrons. The molecule has 1 saturated heterocycles. The molecule has 3 nitrogen and oxygen atoms in total. The Balaban J connectivity index is 2.22. The average Bonchev–Trinajstić information content (AvgIpc) is 2.16. The number of aliphatic hydroxyl groups excluding tert-OH is 1. The Morgan fingerprint density at radius 2 is 2.20 bits per heavy atom. The van der Waals surface area contributed by atoms with Crippen LogP contribution in [0.3, 0.4) is 0 Å². The minimum absolute atomic E-state index is 0.0469. The lowest BCUT2D eigenvalue weighted by Crippen LogP contribution is -2.53. The van der Waals surface area contributed by atoms with Crippen LogP contribution in [-0.4, -0.2) is 35.1 Å². The van der Waals surface area contributed by atoms with Gasteiger partial charge in [0.25, 0.3) is 5.91 Å². The van der Waals surface area contributed by atoms with E-state index in [0.717, 1.165) is 0 Å². The maximum absolute atomic E-state index is 13.4. The van der Waals surface area contributed by atoms with E-state index >= 15 is 0 Å². The predicted molar refractivity (Wildman–Crippen MR) is 53.3 cm³/mol. The second-order valence-corrected chi connectivity index (χ2v) is 3.87. The van der Waals surface area contributed by atoms with Crippen LogP contribution >= 0.6 is 11.6 Å². The standard InChI is InChI=1S/C10H9ClFNO2/c11-8-3-1-2-7(9(8)12)10(15)13-4-6(14)5-13/h1-3,6,14H,4-5H2. The van der Waals surface area contributed by atoms with Crippen molar-refractivity contribution < 1.29 is 14.3 Å². The number of β-amino-alcohol motifs (C(OH)–C–C–N with tert-alkyl or cyclic N) is 1. The summed E-state index contributed by atoms with van der Waals surface area (Å²) < 4.78 is 13.4. The Hall–Kier alpha value is -1.13. The summed E-state index contributed by atoms with van der Waals surface area (Å²) in [5.74, 6) is -1.13. The third kappa shape index (κ3) is 1.82. The molecule has 0 aromatic heterocycles. The van der Waals surface area contributed by atoms with Gasteiger partial charge in [-0.1, -0.05) is 17.7 Å². The minimum Gasteiger partial charge on any atom is -0.389 e. The fraction of sp³-hybridized carbons (Fsp3) is 0.300. The van der Waals surface area contributed by atoms with Gasteiger partial charge in [0.15, 0.2) is 5.82 Å². The van der Waals surface area contributed by atoms with Gasteiger partial charge in [-0.2, -0.15) is 0 Å². The Morgan fingerprint density at radius 1 is 1.53 bits per heavy atom. The minimum atomic E-state index is -0.703. The van der Waals surface area contributed by atoms with Crippen LogP contribution < -0.4 is 0 Å². The van der Waals surface area contributed by atoms with Crippen LogP contribution in [0, 0.1) is 5.82 Å². The van der Waals surface area contributed by atoms with Crippen molar-refractivity contribution in [3.8, 4) is 0 Å². The van der Waals surface area contributed by atoms with E-state index in [1.165, 1.54) is 23.1 Å². The number of likely N-dealkylation sites (tertiary alicyclic amines) is 1. The van der Waals surface area contributed by atoms with Crippen LogP contribution in [0.25, 0.3) is 0 Å². The predicted octanol–water partition coefficient (Wildman–Crippen LogP) is 1.30. The highest BCUT2D eigenvalue weighted by Crippen LogP contribution is 2.21. The van der Waals surface area contributed by atoms with E-state index in [9.17, 15) is 9.18 Å². The summed E-state index contributed by atoms with van der Waals surface area (Å²) in [4.78, 5) is 13.0. The maximum atomic E-state index is 13.4. The third-order valence-electron chi connectivity index (χ3n) is 2.33. The second-order valence-electron chi connectivity index (χ2n) is 3.47. The van der Waals surface area contributed by atoms with Crippen molar-refractivity contribution in [2.45, 2.75) is 6.10 Å². The first kappa shape index (κ1) is 10.4. The lowest BCUT2D eigenvalue weighted by atomic mass is 10.1. The zero-order valence-electron chi connectivity index (χ0n) is 7.78. The molecule has 1 aliphatic rings. The lowest BCUT2D eigenvalue weighted by molar-refractivity contribution is 0.00559. The highest BCUT2D eigenvalue weighted by Gasteiger charge is 2.31. The topological polar surface area (TPSA) is 40.5 Å². The highest BCUT2D eigenvalue weighted by molar-refractivity contribution is 6.31. The third-order valence-corrected chi connectivity index (χ3v) is 2.62. The smallest absolute Gasteiger partial charge is 0.257 e. The molecule has 0 unspecified atom stereocenters. The number of benzene rings is 1. The zero-order valence-corrected chi connectivity index (χ0v) is 8.54. The van der Waals surface area contributed by atoms with Gasteiger partial charge < -0.3 is 10.0 Å². The van der Waals surface area contributed by atoms with Crippen molar-refractivity contribution in [3.05, 3.63) is 34.6 Å². The molecule has 0 aliphatic carbocycles. The largest absolute Gasteiger partial charge is 0.389 e. The number of nitrogens with zero attached hydrogens (tertiary/aromatic N) is 1. The van der Waals surface area contributed by atoms with E-state index in [1.807, 2.05) is 0 Å². The summed E-state index contributed by atoms with van der Waals surface area (Å²) >= 11 is 5.56. The maximum Gasteiger partial charge on any atom is 0.257 e. The molecule has 2 rings (SSSR count). The van der Waals surface area contributed by atoms with Gasteiger partial charge in [-0.25, -0.2) is 4.39 Å². The number of carbonyl (C=O) groups excluding carboxylic acids is 1. The molecule has 1 aliphatic heterocycles. The van der Waals surface area contributed by atoms with Gasteiger partial charge in [0, 0.05) is 13.1 Å². The van der Waals surface area contributed by atoms with Gasteiger partial charge in [0.1, 0.15) is 0 Å². The number of halogens is 2. The van der Waals surface area contributed by atoms with Crippen molar-refractivity contribution in [3.63, 3.8) is 0 Å². The number of carbonyl (C=O) groups is 1. The molecule has 1 heterocycles. The Bertz CT molecular complexity index is 404. The number of amides is 1. The lowest BCUT2D eigenvalue weighted by Gasteiger charge is -2.35. The number of hydrogen-bond donors (Lipinski definition) is 1. The van der Waals surface area contributed by atoms with Crippen molar-refractivity contribution in [1.82, 2.24) is 4.90 Å². The molecule has 1 N–H and O–H groups in total. The van der Waals surface area contributed by atoms with Crippen LogP contribution in [0.15, 0.2) is 18.2 Å². The molecule has 1 aromatic carbocycles. The van der Waals surface area contributed by atoms with E-state index in [1.54, 1.807) is 0 Å². The van der Waals surface area contributed by atoms with Crippen molar-refractivity contribution >= 4 is 17.5 Å². The average molecular weight is 230 g/mol. The van der Waals surface area contributed by atoms with Crippen LogP contribution in [0.2, 0.25) is 5.02 Å². The van der Waals surface area contributed by atoms with Crippen molar-refractivity contribution in [2.24, 2.45) is 0 Å². The molecule has 0 bridgehead atoms. The van der Waals surface area contributed by atoms with Crippen LogP contribution in [0.5, 0.6) is 0 Å². The van der Waals surface area contributed by atoms with Gasteiger partial charge in [-0.15, -0.1) is 0 Å². The molecular formula is C10H9ClFNO2. The quantitative estimate of drug-likeness (QED) is 0.789. The second kappa shape index (κ2) is 3.79. The van der Waals surface area contributed by atoms with E-state index in [-0.39, 0.29) is 23.7 Å². The first-order chi connectivity index (χ1) is 7.09. The number of rotatable bonds is 1. The van der Waals surface area contributed by atoms with Crippen LogP contribution in [-0.2, 0) is 0 Å². The first-order valence-corrected chi connectivity index (χ1v) is 4.88. The van der Waals surface area contributed by atoms with Crippen LogP contribution in [0.4, 0.5) is 4.39 Å². The van der Waals surface area contributed by atoms with E-state index in [2.05, 4.69) is 0 Å². The number of hydrogen-bond acceptors (Lipinski definition) is 2. The highest BCUT2D eigenvalue weighted by atomic mass is 35.5. The molecule has 1 fully saturated rings. The molecule has 0 saturated carbocycles. The summed E-state index contributed by atoms with van der Waals surface area (Å²) in [5.41, 5.74) is -0.0469. The fourth-order valence-electron chi connectivity index (χ4n) is 1.46. The van der Waals surface area contributed by atoms with Crippen LogP contribution in [0.1, 0.15) is 10.4 Å². The zero-order chi connectivity index (χ0) is 11.0. The van der Waals surface area contributed by atoms with Gasteiger partial charge >= 0.3 is 0 Å². The Kier molecular flexibility index (Phi) is 2.63. The summed E-state index contributed by atoms with van der Waals surface area (Å²) in [6.07, 6.45) is -0.490.